The first-order valence-corrected chi connectivity index (χ1v) is 9.58. The highest BCUT2D eigenvalue weighted by Crippen LogP contribution is 2.18. The first-order chi connectivity index (χ1) is 15.0. The number of rotatable bonds is 6. The van der Waals surface area contributed by atoms with Crippen LogP contribution in [0.1, 0.15) is 21.0 Å². The van der Waals surface area contributed by atoms with Crippen molar-refractivity contribution in [3.05, 3.63) is 81.5 Å². The minimum atomic E-state index is -0.735. The Morgan fingerprint density at radius 1 is 0.968 bits per heavy atom. The zero-order valence-electron chi connectivity index (χ0n) is 15.9. The Morgan fingerprint density at radius 3 is 2.45 bits per heavy atom. The van der Waals surface area contributed by atoms with Gasteiger partial charge in [0.25, 0.3) is 5.91 Å². The molecule has 31 heavy (non-hydrogen) atoms. The van der Waals surface area contributed by atoms with Crippen LogP contribution in [0, 0.1) is 0 Å². The Morgan fingerprint density at radius 2 is 1.68 bits per heavy atom. The number of carbonyl (C=O) groups is 2. The number of nitrogens with zero attached hydrogens (tertiary/aromatic N) is 2. The lowest BCUT2D eigenvalue weighted by molar-refractivity contribution is 0.0897. The Hall–Kier alpha value is -3.98. The molecule has 0 aliphatic carbocycles. The molecule has 0 unspecified atom stereocenters. The zero-order chi connectivity index (χ0) is 21.8. The number of amides is 2. The van der Waals surface area contributed by atoms with Gasteiger partial charge < -0.3 is 19.6 Å². The molecule has 0 saturated carbocycles. The second-order valence-corrected chi connectivity index (χ2v) is 6.86. The van der Waals surface area contributed by atoms with Crippen LogP contribution < -0.4 is 16.3 Å². The molecule has 0 atom stereocenters. The maximum absolute atomic E-state index is 12.3. The number of nitrogens with one attached hydrogen (secondary N) is 2. The van der Waals surface area contributed by atoms with Crippen LogP contribution in [0.15, 0.2) is 68.3 Å². The van der Waals surface area contributed by atoms with E-state index in [2.05, 4.69) is 20.8 Å². The Kier molecular flexibility index (Phi) is 5.76. The molecule has 2 amide bonds. The topological polar surface area (TPSA) is 127 Å². The molecule has 0 fully saturated rings. The predicted octanol–water partition coefficient (Wildman–Crippen LogP) is 2.66. The highest BCUT2D eigenvalue weighted by Gasteiger charge is 2.17. The molecule has 0 radical (unpaired) electrons. The number of hydrogen-bond acceptors (Lipinski definition) is 7. The fraction of sp³-hybridized carbons (Fsp3) is 0.0952. The van der Waals surface area contributed by atoms with E-state index in [1.807, 2.05) is 0 Å². The van der Waals surface area contributed by atoms with E-state index in [0.29, 0.717) is 21.6 Å². The lowest BCUT2D eigenvalue weighted by atomic mass is 10.2. The molecule has 2 N–H and O–H groups in total. The lowest BCUT2D eigenvalue weighted by Crippen LogP contribution is -2.36. The summed E-state index contributed by atoms with van der Waals surface area (Å²) in [6.07, 6.45) is 0. The summed E-state index contributed by atoms with van der Waals surface area (Å²) in [5.74, 6) is -1.16. The molecule has 0 saturated heterocycles. The summed E-state index contributed by atoms with van der Waals surface area (Å²) in [5, 5.41) is 10.1. The highest BCUT2D eigenvalue weighted by atomic mass is 35.5. The summed E-state index contributed by atoms with van der Waals surface area (Å²) >= 11 is 5.84. The van der Waals surface area contributed by atoms with Gasteiger partial charge in [0.1, 0.15) is 11.1 Å². The fourth-order valence-electron chi connectivity index (χ4n) is 2.78. The van der Waals surface area contributed by atoms with Crippen molar-refractivity contribution in [3.63, 3.8) is 0 Å². The standard InChI is InChI=1S/C21H15ClN4O5/c22-14-7-5-12(6-8-14)17-25-20(31-26-17)19(28)24-10-9-23-18(27)15-11-13-3-1-2-4-16(13)30-21(15)29/h1-8,11H,9-10H2,(H,23,27)(H,24,28). The maximum atomic E-state index is 12.3. The third kappa shape index (κ3) is 4.62. The largest absolute Gasteiger partial charge is 0.422 e. The number of aromatic nitrogens is 2. The molecule has 4 aromatic rings. The second-order valence-electron chi connectivity index (χ2n) is 6.43. The minimum Gasteiger partial charge on any atom is -0.422 e. The Bertz CT molecular complexity index is 1310. The molecule has 4 rings (SSSR count). The third-order valence-corrected chi connectivity index (χ3v) is 4.56. The van der Waals surface area contributed by atoms with Gasteiger partial charge in [-0.1, -0.05) is 35.0 Å². The maximum Gasteiger partial charge on any atom is 0.349 e. The van der Waals surface area contributed by atoms with Crippen LogP contribution in [0.4, 0.5) is 0 Å². The first kappa shape index (κ1) is 20.3. The minimum absolute atomic E-state index is 0.0784. The van der Waals surface area contributed by atoms with E-state index in [0.717, 1.165) is 0 Å². The van der Waals surface area contributed by atoms with E-state index >= 15 is 0 Å². The van der Waals surface area contributed by atoms with Crippen molar-refractivity contribution in [2.24, 2.45) is 0 Å². The predicted molar refractivity (Wildman–Crippen MR) is 112 cm³/mol. The third-order valence-electron chi connectivity index (χ3n) is 4.30. The molecule has 156 valence electrons. The van der Waals surface area contributed by atoms with Gasteiger partial charge in [0.15, 0.2) is 0 Å². The molecule has 9 nitrogen and oxygen atoms in total. The smallest absolute Gasteiger partial charge is 0.349 e. The molecule has 0 spiro atoms. The lowest BCUT2D eigenvalue weighted by Gasteiger charge is -2.05. The van der Waals surface area contributed by atoms with Crippen LogP contribution >= 0.6 is 11.6 Å². The zero-order valence-corrected chi connectivity index (χ0v) is 16.7. The van der Waals surface area contributed by atoms with Crippen molar-refractivity contribution in [2.75, 3.05) is 13.1 Å². The number of benzene rings is 2. The van der Waals surface area contributed by atoms with Gasteiger partial charge in [0, 0.05) is 29.1 Å². The first-order valence-electron chi connectivity index (χ1n) is 9.20. The van der Waals surface area contributed by atoms with E-state index in [1.54, 1.807) is 48.5 Å². The van der Waals surface area contributed by atoms with E-state index in [4.69, 9.17) is 20.5 Å². The van der Waals surface area contributed by atoms with Crippen molar-refractivity contribution in [1.82, 2.24) is 20.8 Å². The normalized spacial score (nSPS) is 10.7. The van der Waals surface area contributed by atoms with E-state index in [-0.39, 0.29) is 30.4 Å². The van der Waals surface area contributed by atoms with Gasteiger partial charge in [0.2, 0.25) is 5.82 Å². The quantitative estimate of drug-likeness (QED) is 0.350. The van der Waals surface area contributed by atoms with Crippen LogP contribution in [-0.4, -0.2) is 35.0 Å². The molecular formula is C21H15ClN4O5. The van der Waals surface area contributed by atoms with E-state index < -0.39 is 17.4 Å². The Balaban J connectivity index is 1.31. The summed E-state index contributed by atoms with van der Waals surface area (Å²) in [6.45, 7) is 0.164. The Labute approximate surface area is 180 Å². The molecule has 10 heteroatoms. The van der Waals surface area contributed by atoms with Crippen molar-refractivity contribution >= 4 is 34.4 Å². The summed E-state index contributed by atoms with van der Waals surface area (Å²) in [6, 6.07) is 15.1. The van der Waals surface area contributed by atoms with Gasteiger partial charge in [-0.05, 0) is 36.4 Å². The number of fused-ring (bicyclic) bond motifs is 1. The molecule has 2 heterocycles. The van der Waals surface area contributed by atoms with Crippen LogP contribution in [0.5, 0.6) is 0 Å². The van der Waals surface area contributed by atoms with Gasteiger partial charge in [-0.15, -0.1) is 0 Å². The number of para-hydroxylation sites is 1. The number of carbonyl (C=O) groups excluding carboxylic acids is 2. The van der Waals surface area contributed by atoms with Gasteiger partial charge >= 0.3 is 17.4 Å². The fourth-order valence-corrected chi connectivity index (χ4v) is 2.90. The van der Waals surface area contributed by atoms with Crippen molar-refractivity contribution < 1.29 is 18.5 Å². The summed E-state index contributed by atoms with van der Waals surface area (Å²) in [5.41, 5.74) is 0.192. The summed E-state index contributed by atoms with van der Waals surface area (Å²) in [7, 11) is 0. The van der Waals surface area contributed by atoms with Crippen molar-refractivity contribution in [2.45, 2.75) is 0 Å². The van der Waals surface area contributed by atoms with Gasteiger partial charge in [-0.3, -0.25) is 9.59 Å². The average Bonchev–Trinajstić information content (AvgIpc) is 3.27. The van der Waals surface area contributed by atoms with Crippen molar-refractivity contribution in [3.8, 4) is 11.4 Å². The van der Waals surface area contributed by atoms with E-state index in [9.17, 15) is 14.4 Å². The van der Waals surface area contributed by atoms with Gasteiger partial charge in [0.05, 0.1) is 0 Å². The van der Waals surface area contributed by atoms with Crippen LogP contribution in [0.2, 0.25) is 5.02 Å². The number of halogens is 1. The van der Waals surface area contributed by atoms with Gasteiger partial charge in [-0.2, -0.15) is 4.98 Å². The SMILES string of the molecule is O=C(NCCNC(=O)c1cc2ccccc2oc1=O)c1nc(-c2ccc(Cl)cc2)no1. The summed E-state index contributed by atoms with van der Waals surface area (Å²) in [4.78, 5) is 40.5. The van der Waals surface area contributed by atoms with Crippen molar-refractivity contribution in [1.29, 1.82) is 0 Å². The van der Waals surface area contributed by atoms with E-state index in [1.165, 1.54) is 6.07 Å². The average molecular weight is 439 g/mol. The molecule has 2 aromatic carbocycles. The second kappa shape index (κ2) is 8.80. The number of hydrogen-bond donors (Lipinski definition) is 2. The van der Waals surface area contributed by atoms with Crippen LogP contribution in [0.25, 0.3) is 22.4 Å². The molecular weight excluding hydrogens is 424 g/mol. The molecule has 2 aromatic heterocycles. The molecule has 0 aliphatic heterocycles. The molecule has 0 aliphatic rings. The van der Waals surface area contributed by atoms with Crippen LogP contribution in [-0.2, 0) is 0 Å². The summed E-state index contributed by atoms with van der Waals surface area (Å²) < 4.78 is 10.1. The highest BCUT2D eigenvalue weighted by molar-refractivity contribution is 6.30. The monoisotopic (exact) mass is 438 g/mol. The van der Waals surface area contributed by atoms with Gasteiger partial charge in [-0.25, -0.2) is 4.79 Å². The molecule has 0 bridgehead atoms. The van der Waals surface area contributed by atoms with Crippen LogP contribution in [0.3, 0.4) is 0 Å².